The van der Waals surface area contributed by atoms with E-state index in [-0.39, 0.29) is 12.0 Å². The van der Waals surface area contributed by atoms with Crippen molar-refractivity contribution in [1.82, 2.24) is 0 Å². The van der Waals surface area contributed by atoms with E-state index in [4.69, 9.17) is 21.1 Å². The molecule has 0 spiro atoms. The van der Waals surface area contributed by atoms with Crippen molar-refractivity contribution >= 4 is 29.0 Å². The Morgan fingerprint density at radius 1 is 1.21 bits per heavy atom. The molecule has 2 aliphatic rings. The number of carboxylic acid groups (broad SMARTS) is 1. The smallest absolute Gasteiger partial charge is 0.335 e. The summed E-state index contributed by atoms with van der Waals surface area (Å²) in [6.07, 6.45) is 3.73. The van der Waals surface area contributed by atoms with Crippen LogP contribution in [0.2, 0.25) is 5.02 Å². The van der Waals surface area contributed by atoms with Gasteiger partial charge in [-0.05, 0) is 74.2 Å². The topological polar surface area (TPSA) is 89.8 Å². The summed E-state index contributed by atoms with van der Waals surface area (Å²) in [6.45, 7) is 1.92. The second kappa shape index (κ2) is 8.42. The van der Waals surface area contributed by atoms with E-state index in [2.05, 4.69) is 6.07 Å². The zero-order chi connectivity index (χ0) is 23.1. The number of fused-ring (bicyclic) bond motifs is 3. The first kappa shape index (κ1) is 21.3. The van der Waals surface area contributed by atoms with Gasteiger partial charge < -0.3 is 9.52 Å². The van der Waals surface area contributed by atoms with Gasteiger partial charge in [0.1, 0.15) is 23.6 Å². The molecule has 0 saturated heterocycles. The van der Waals surface area contributed by atoms with E-state index in [1.54, 1.807) is 24.3 Å². The third-order valence-corrected chi connectivity index (χ3v) is 6.75. The number of rotatable bonds is 3. The molecule has 7 heteroatoms. The van der Waals surface area contributed by atoms with E-state index in [0.29, 0.717) is 16.1 Å². The van der Waals surface area contributed by atoms with Crippen molar-refractivity contribution in [2.24, 2.45) is 11.0 Å². The van der Waals surface area contributed by atoms with Gasteiger partial charge in [-0.2, -0.15) is 10.4 Å². The molecule has 2 aromatic carbocycles. The van der Waals surface area contributed by atoms with Crippen molar-refractivity contribution in [2.75, 3.05) is 5.01 Å². The van der Waals surface area contributed by atoms with Crippen LogP contribution in [-0.2, 0) is 6.42 Å². The second-order valence-corrected chi connectivity index (χ2v) is 8.94. The number of halogens is 1. The van der Waals surface area contributed by atoms with Crippen LogP contribution in [-0.4, -0.2) is 16.8 Å². The number of furan rings is 1. The van der Waals surface area contributed by atoms with E-state index >= 15 is 0 Å². The molecule has 5 rings (SSSR count). The van der Waals surface area contributed by atoms with Gasteiger partial charge in [0.05, 0.1) is 27.5 Å². The number of hydrogen-bond acceptors (Lipinski definition) is 5. The lowest BCUT2D eigenvalue weighted by Gasteiger charge is -2.28. The average molecular weight is 460 g/mol. The second-order valence-electron chi connectivity index (χ2n) is 8.53. The minimum atomic E-state index is -0.928. The Kier molecular flexibility index (Phi) is 5.43. The number of hydrazone groups is 1. The van der Waals surface area contributed by atoms with E-state index in [1.807, 2.05) is 36.2 Å². The van der Waals surface area contributed by atoms with Gasteiger partial charge in [0.2, 0.25) is 0 Å². The molecular weight excluding hydrogens is 438 g/mol. The summed E-state index contributed by atoms with van der Waals surface area (Å²) >= 11 is 6.36. The number of benzene rings is 2. The molecule has 2 atom stereocenters. The first-order valence-electron chi connectivity index (χ1n) is 11.0. The molecule has 6 nitrogen and oxygen atoms in total. The standard InChI is InChI=1S/C26H22ClN3O3/c1-15-6-11-23(33-15)25-21-5-3-2-4-16-12-17(26(31)32)8-10-20(16)24(21)29-30(25)19-9-7-18(14-28)22(27)13-19/h6-13,21,25H,2-5H2,1H3,(H,31,32). The van der Waals surface area contributed by atoms with Crippen molar-refractivity contribution < 1.29 is 14.3 Å². The van der Waals surface area contributed by atoms with E-state index < -0.39 is 5.97 Å². The molecular formula is C26H22ClN3O3. The molecule has 2 unspecified atom stereocenters. The van der Waals surface area contributed by atoms with Crippen LogP contribution in [0.4, 0.5) is 5.69 Å². The van der Waals surface area contributed by atoms with Crippen LogP contribution in [0.5, 0.6) is 0 Å². The molecule has 166 valence electrons. The Morgan fingerprint density at radius 2 is 2.06 bits per heavy atom. The van der Waals surface area contributed by atoms with Crippen LogP contribution in [0.15, 0.2) is 58.0 Å². The SMILES string of the molecule is Cc1ccc(C2C3CCCCc4cc(C(=O)O)ccc4C3=NN2c2ccc(C#N)c(Cl)c2)o1. The van der Waals surface area contributed by atoms with Crippen molar-refractivity contribution in [3.05, 3.63) is 87.3 Å². The molecule has 0 fully saturated rings. The molecule has 0 saturated carbocycles. The number of nitriles is 1. The van der Waals surface area contributed by atoms with Gasteiger partial charge >= 0.3 is 5.97 Å². The van der Waals surface area contributed by atoms with Crippen LogP contribution in [0.1, 0.15) is 63.9 Å². The Morgan fingerprint density at radius 3 is 2.76 bits per heavy atom. The molecule has 2 heterocycles. The van der Waals surface area contributed by atoms with Gasteiger partial charge in [0.15, 0.2) is 0 Å². The van der Waals surface area contributed by atoms with Gasteiger partial charge in [-0.25, -0.2) is 4.79 Å². The zero-order valence-corrected chi connectivity index (χ0v) is 18.8. The van der Waals surface area contributed by atoms with Gasteiger partial charge in [-0.15, -0.1) is 0 Å². The lowest BCUT2D eigenvalue weighted by molar-refractivity contribution is 0.0696. The number of aryl methyl sites for hydroxylation is 2. The van der Waals surface area contributed by atoms with Gasteiger partial charge in [-0.3, -0.25) is 5.01 Å². The van der Waals surface area contributed by atoms with Crippen LogP contribution < -0.4 is 5.01 Å². The number of hydrogen-bond donors (Lipinski definition) is 1. The van der Waals surface area contributed by atoms with Crippen molar-refractivity contribution in [1.29, 1.82) is 5.26 Å². The normalized spacial score (nSPS) is 19.7. The Labute approximate surface area is 196 Å². The van der Waals surface area contributed by atoms with E-state index in [9.17, 15) is 15.2 Å². The zero-order valence-electron chi connectivity index (χ0n) is 18.1. The van der Waals surface area contributed by atoms with E-state index in [1.165, 1.54) is 0 Å². The number of carbonyl (C=O) groups is 1. The largest absolute Gasteiger partial charge is 0.478 e. The summed E-state index contributed by atoms with van der Waals surface area (Å²) in [7, 11) is 0. The fourth-order valence-electron chi connectivity index (χ4n) is 4.87. The van der Waals surface area contributed by atoms with Crippen LogP contribution >= 0.6 is 11.6 Å². The first-order valence-corrected chi connectivity index (χ1v) is 11.3. The minimum Gasteiger partial charge on any atom is -0.478 e. The third kappa shape index (κ3) is 3.79. The summed E-state index contributed by atoms with van der Waals surface area (Å²) in [5, 5.41) is 26.1. The van der Waals surface area contributed by atoms with Gasteiger partial charge in [-0.1, -0.05) is 24.1 Å². The summed E-state index contributed by atoms with van der Waals surface area (Å²) in [5.74, 6) is 0.789. The highest BCUT2D eigenvalue weighted by Crippen LogP contribution is 2.45. The summed E-state index contributed by atoms with van der Waals surface area (Å²) in [4.78, 5) is 11.5. The molecule has 1 aromatic heterocycles. The molecule has 0 radical (unpaired) electrons. The minimum absolute atomic E-state index is 0.0692. The lowest BCUT2D eigenvalue weighted by Crippen LogP contribution is -2.26. The third-order valence-electron chi connectivity index (χ3n) is 6.44. The fourth-order valence-corrected chi connectivity index (χ4v) is 5.09. The van der Waals surface area contributed by atoms with E-state index in [0.717, 1.165) is 59.7 Å². The number of aromatic carboxylic acids is 1. The van der Waals surface area contributed by atoms with Crippen LogP contribution in [0, 0.1) is 24.2 Å². The fraction of sp³-hybridized carbons (Fsp3) is 0.269. The monoisotopic (exact) mass is 459 g/mol. The van der Waals surface area contributed by atoms with Crippen LogP contribution in [0.3, 0.4) is 0 Å². The van der Waals surface area contributed by atoms with Gasteiger partial charge in [0, 0.05) is 11.5 Å². The highest BCUT2D eigenvalue weighted by Gasteiger charge is 2.42. The molecule has 3 aromatic rings. The maximum atomic E-state index is 11.5. The predicted molar refractivity (Wildman–Crippen MR) is 126 cm³/mol. The Hall–Kier alpha value is -3.56. The van der Waals surface area contributed by atoms with Crippen molar-refractivity contribution in [3.63, 3.8) is 0 Å². The predicted octanol–water partition coefficient (Wildman–Crippen LogP) is 6.12. The molecule has 1 N–H and O–H groups in total. The lowest BCUT2D eigenvalue weighted by atomic mass is 9.80. The number of nitrogens with zero attached hydrogens (tertiary/aromatic N) is 3. The first-order chi connectivity index (χ1) is 16.0. The molecule has 1 aliphatic heterocycles. The molecule has 0 bridgehead atoms. The molecule has 1 aliphatic carbocycles. The molecule has 0 amide bonds. The summed E-state index contributed by atoms with van der Waals surface area (Å²) in [5.41, 5.74) is 4.41. The Balaban J connectivity index is 1.67. The maximum Gasteiger partial charge on any atom is 0.335 e. The highest BCUT2D eigenvalue weighted by molar-refractivity contribution is 6.32. The maximum absolute atomic E-state index is 11.5. The van der Waals surface area contributed by atoms with Crippen molar-refractivity contribution in [2.45, 2.75) is 38.6 Å². The number of anilines is 1. The summed E-state index contributed by atoms with van der Waals surface area (Å²) < 4.78 is 6.08. The van der Waals surface area contributed by atoms with Crippen LogP contribution in [0.25, 0.3) is 0 Å². The highest BCUT2D eigenvalue weighted by atomic mass is 35.5. The Bertz CT molecular complexity index is 1320. The quantitative estimate of drug-likeness (QED) is 0.509. The summed E-state index contributed by atoms with van der Waals surface area (Å²) in [6, 6.07) is 16.5. The van der Waals surface area contributed by atoms with Gasteiger partial charge in [0.25, 0.3) is 0 Å². The average Bonchev–Trinajstić information content (AvgIpc) is 3.38. The number of carboxylic acids is 1. The van der Waals surface area contributed by atoms with Crippen molar-refractivity contribution in [3.8, 4) is 6.07 Å². The molecule has 33 heavy (non-hydrogen) atoms.